The van der Waals surface area contributed by atoms with Gasteiger partial charge in [-0.25, -0.2) is 0 Å². The standard InChI is InChI=1S/C14H16BN5/c1-18-13-11(9-17)5-4-10(8-16)12(13)15-14-19(2)6-7-20(14)3/h4,6-7,12,18H,5H2,1-3H3. The Hall–Kier alpha value is -2.47. The summed E-state index contributed by atoms with van der Waals surface area (Å²) in [5.74, 6) is -0.201. The van der Waals surface area contributed by atoms with E-state index in [-0.39, 0.29) is 5.82 Å². The van der Waals surface area contributed by atoms with E-state index >= 15 is 0 Å². The number of imidazole rings is 1. The Labute approximate surface area is 119 Å². The van der Waals surface area contributed by atoms with E-state index in [4.69, 9.17) is 0 Å². The fourth-order valence-electron chi connectivity index (χ4n) is 2.48. The molecule has 0 aromatic carbocycles. The lowest BCUT2D eigenvalue weighted by atomic mass is 9.57. The fraction of sp³-hybridized carbons (Fsp3) is 0.357. The average Bonchev–Trinajstić information content (AvgIpc) is 2.78. The predicted molar refractivity (Wildman–Crippen MR) is 75.7 cm³/mol. The van der Waals surface area contributed by atoms with Gasteiger partial charge in [0.05, 0.1) is 26.2 Å². The molecule has 1 heterocycles. The van der Waals surface area contributed by atoms with Crippen molar-refractivity contribution >= 4 is 13.0 Å². The molecule has 0 bridgehead atoms. The minimum Gasteiger partial charge on any atom is -0.393 e. The zero-order chi connectivity index (χ0) is 14.7. The van der Waals surface area contributed by atoms with Crippen molar-refractivity contribution in [1.82, 2.24) is 9.88 Å². The molecule has 0 amide bonds. The molecule has 6 heteroatoms. The van der Waals surface area contributed by atoms with Gasteiger partial charge >= 0.3 is 0 Å². The summed E-state index contributed by atoms with van der Waals surface area (Å²) in [5, 5.41) is 21.6. The molecule has 2 rings (SSSR count). The van der Waals surface area contributed by atoms with E-state index in [1.54, 1.807) is 7.05 Å². The summed E-state index contributed by atoms with van der Waals surface area (Å²) in [6.07, 6.45) is 6.26. The van der Waals surface area contributed by atoms with E-state index in [0.29, 0.717) is 17.6 Å². The van der Waals surface area contributed by atoms with Crippen LogP contribution in [0.15, 0.2) is 35.3 Å². The van der Waals surface area contributed by atoms with Gasteiger partial charge in [0.2, 0.25) is 0 Å². The van der Waals surface area contributed by atoms with Gasteiger partial charge in [-0.2, -0.15) is 17.8 Å². The molecular weight excluding hydrogens is 249 g/mol. The van der Waals surface area contributed by atoms with Crippen LogP contribution in [0.3, 0.4) is 0 Å². The van der Waals surface area contributed by atoms with Gasteiger partial charge < -0.3 is 5.32 Å². The van der Waals surface area contributed by atoms with Crippen molar-refractivity contribution in [1.29, 1.82) is 10.5 Å². The number of hydrogen-bond donors (Lipinski definition) is 1. The molecular formula is C14H16BN5. The van der Waals surface area contributed by atoms with Crippen molar-refractivity contribution < 1.29 is 4.57 Å². The average molecular weight is 265 g/mol. The number of hydrogen-bond acceptors (Lipinski definition) is 3. The number of nitrogens with zero attached hydrogens (tertiary/aromatic N) is 4. The number of aryl methyl sites for hydroxylation is 2. The highest BCUT2D eigenvalue weighted by Crippen LogP contribution is 2.32. The molecule has 1 aromatic heterocycles. The maximum absolute atomic E-state index is 9.32. The molecule has 0 spiro atoms. The van der Waals surface area contributed by atoms with Gasteiger partial charge in [0.15, 0.2) is 0 Å². The van der Waals surface area contributed by atoms with Gasteiger partial charge in [-0.1, -0.05) is 6.08 Å². The third-order valence-corrected chi connectivity index (χ3v) is 3.58. The minimum absolute atomic E-state index is 0.201. The molecule has 1 N–H and O–H groups in total. The van der Waals surface area contributed by atoms with Crippen LogP contribution in [0.25, 0.3) is 0 Å². The molecule has 1 aromatic rings. The number of nitriles is 2. The van der Waals surface area contributed by atoms with Crippen LogP contribution in [0.2, 0.25) is 5.82 Å². The summed E-state index contributed by atoms with van der Waals surface area (Å²) < 4.78 is 3.98. The van der Waals surface area contributed by atoms with E-state index < -0.39 is 0 Å². The molecule has 20 heavy (non-hydrogen) atoms. The molecule has 1 atom stereocenters. The van der Waals surface area contributed by atoms with Crippen molar-refractivity contribution in [2.24, 2.45) is 14.1 Å². The van der Waals surface area contributed by atoms with Crippen molar-refractivity contribution in [2.45, 2.75) is 12.2 Å². The summed E-state index contributed by atoms with van der Waals surface area (Å²) in [4.78, 5) is 0. The highest BCUT2D eigenvalue weighted by atomic mass is 15.1. The van der Waals surface area contributed by atoms with Crippen LogP contribution < -0.4 is 15.6 Å². The quantitative estimate of drug-likeness (QED) is 0.609. The minimum atomic E-state index is -0.201. The molecule has 0 saturated carbocycles. The summed E-state index contributed by atoms with van der Waals surface area (Å²) in [7, 11) is 7.72. The van der Waals surface area contributed by atoms with Crippen molar-refractivity contribution in [3.63, 3.8) is 0 Å². The van der Waals surface area contributed by atoms with E-state index in [1.807, 2.05) is 49.0 Å². The van der Waals surface area contributed by atoms with E-state index in [2.05, 4.69) is 17.5 Å². The Morgan fingerprint density at radius 2 is 2.20 bits per heavy atom. The third-order valence-electron chi connectivity index (χ3n) is 3.58. The first kappa shape index (κ1) is 14.0. The fourth-order valence-corrected chi connectivity index (χ4v) is 2.48. The normalized spacial score (nSPS) is 18.2. The van der Waals surface area contributed by atoms with E-state index in [9.17, 15) is 10.5 Å². The largest absolute Gasteiger partial charge is 0.393 e. The molecule has 0 fully saturated rings. The Morgan fingerprint density at radius 3 is 2.70 bits per heavy atom. The van der Waals surface area contributed by atoms with Gasteiger partial charge in [-0.3, -0.25) is 9.13 Å². The van der Waals surface area contributed by atoms with Gasteiger partial charge in [-0.15, -0.1) is 5.82 Å². The van der Waals surface area contributed by atoms with Crippen LogP contribution in [0.4, 0.5) is 0 Å². The third kappa shape index (κ3) is 2.33. The monoisotopic (exact) mass is 265 g/mol. The second kappa shape index (κ2) is 5.67. The van der Waals surface area contributed by atoms with Gasteiger partial charge in [0.25, 0.3) is 0 Å². The highest BCUT2D eigenvalue weighted by Gasteiger charge is 2.20. The van der Waals surface area contributed by atoms with E-state index in [1.165, 1.54) is 0 Å². The SMILES string of the molecule is CNC1=C(C#N)CC=C(C#N)C1[B-]c1n(C)cc[n+]1C. The lowest BCUT2D eigenvalue weighted by Crippen LogP contribution is -2.51. The number of allylic oxidation sites excluding steroid dienone is 3. The van der Waals surface area contributed by atoms with Crippen molar-refractivity contribution in [3.05, 3.63) is 35.3 Å². The Bertz CT molecular complexity index is 649. The zero-order valence-corrected chi connectivity index (χ0v) is 11.9. The summed E-state index contributed by atoms with van der Waals surface area (Å²) in [6.45, 7) is 0. The molecule has 5 nitrogen and oxygen atoms in total. The molecule has 100 valence electrons. The number of aromatic nitrogens is 2. The van der Waals surface area contributed by atoms with Crippen LogP contribution in [0.5, 0.6) is 0 Å². The van der Waals surface area contributed by atoms with Crippen LogP contribution in [0, 0.1) is 22.7 Å². The summed E-state index contributed by atoms with van der Waals surface area (Å²) in [5.41, 5.74) is 3.16. The maximum atomic E-state index is 9.32. The van der Waals surface area contributed by atoms with Crippen LogP contribution >= 0.6 is 0 Å². The predicted octanol–water partition coefficient (Wildman–Crippen LogP) is -0.182. The topological polar surface area (TPSA) is 68.4 Å². The Kier molecular flexibility index (Phi) is 3.95. The molecule has 1 unspecified atom stereocenters. The second-order valence-electron chi connectivity index (χ2n) is 4.75. The molecule has 0 aliphatic heterocycles. The van der Waals surface area contributed by atoms with E-state index in [0.717, 1.165) is 11.4 Å². The van der Waals surface area contributed by atoms with Gasteiger partial charge in [0.1, 0.15) is 12.4 Å². The second-order valence-corrected chi connectivity index (χ2v) is 4.75. The number of nitrogens with one attached hydrogen (secondary N) is 1. The number of rotatable bonds is 3. The van der Waals surface area contributed by atoms with Gasteiger partial charge in [-0.05, 0) is 11.3 Å². The Morgan fingerprint density at radius 1 is 1.45 bits per heavy atom. The first-order chi connectivity index (χ1) is 9.62. The summed E-state index contributed by atoms with van der Waals surface area (Å²) in [6, 6.07) is 4.46. The van der Waals surface area contributed by atoms with Crippen molar-refractivity contribution in [2.75, 3.05) is 7.05 Å². The smallest absolute Gasteiger partial charge is 0.125 e. The highest BCUT2D eigenvalue weighted by molar-refractivity contribution is 6.54. The Balaban J connectivity index is 2.43. The maximum Gasteiger partial charge on any atom is 0.125 e. The lowest BCUT2D eigenvalue weighted by molar-refractivity contribution is -0.653. The lowest BCUT2D eigenvalue weighted by Gasteiger charge is -2.32. The van der Waals surface area contributed by atoms with Gasteiger partial charge in [0, 0.05) is 24.8 Å². The first-order valence-electron chi connectivity index (χ1n) is 6.39. The molecule has 1 aliphatic rings. The molecule has 2 radical (unpaired) electrons. The summed E-state index contributed by atoms with van der Waals surface area (Å²) >= 11 is 0. The van der Waals surface area contributed by atoms with Crippen LogP contribution in [-0.2, 0) is 14.1 Å². The van der Waals surface area contributed by atoms with Crippen LogP contribution in [-0.4, -0.2) is 18.9 Å². The molecule has 1 aliphatic carbocycles. The zero-order valence-electron chi connectivity index (χ0n) is 11.9. The first-order valence-corrected chi connectivity index (χ1v) is 6.39. The van der Waals surface area contributed by atoms with Crippen molar-refractivity contribution in [3.8, 4) is 12.1 Å². The molecule has 0 saturated heterocycles. The van der Waals surface area contributed by atoms with Crippen LogP contribution in [0.1, 0.15) is 6.42 Å².